The Morgan fingerprint density at radius 1 is 1.32 bits per heavy atom. The second kappa shape index (κ2) is 6.29. The minimum absolute atomic E-state index is 0.0846. The monoisotopic (exact) mass is 309 g/mol. The van der Waals surface area contributed by atoms with E-state index in [-0.39, 0.29) is 17.0 Å². The maximum Gasteiger partial charge on any atom is 0.128 e. The Bertz CT molecular complexity index is 488. The number of hydrogen-bond donors (Lipinski definition) is 1. The quantitative estimate of drug-likeness (QED) is 0.842. The van der Waals surface area contributed by atoms with Gasteiger partial charge in [-0.3, -0.25) is 0 Å². The van der Waals surface area contributed by atoms with Crippen molar-refractivity contribution in [3.8, 4) is 0 Å². The van der Waals surface area contributed by atoms with Crippen LogP contribution < -0.4 is 4.72 Å². The average Bonchev–Trinajstić information content (AvgIpc) is 2.30. The summed E-state index contributed by atoms with van der Waals surface area (Å²) in [5, 5.41) is 0. The third-order valence-electron chi connectivity index (χ3n) is 2.62. The van der Waals surface area contributed by atoms with Gasteiger partial charge in [-0.25, -0.2) is 17.7 Å². The van der Waals surface area contributed by atoms with E-state index in [1.165, 1.54) is 0 Å². The Morgan fingerprint density at radius 2 is 1.89 bits per heavy atom. The lowest BCUT2D eigenvalue weighted by Crippen LogP contribution is -2.35. The van der Waals surface area contributed by atoms with Crippen LogP contribution in [0, 0.1) is 11.6 Å². The molecular weight excluding hydrogens is 292 g/mol. The Morgan fingerprint density at radius 3 is 2.37 bits per heavy atom. The molecule has 0 heterocycles. The van der Waals surface area contributed by atoms with Gasteiger partial charge in [0.25, 0.3) is 0 Å². The second-order valence-electron chi connectivity index (χ2n) is 5.32. The molecule has 1 aromatic rings. The van der Waals surface area contributed by atoms with E-state index in [0.29, 0.717) is 0 Å². The molecule has 0 radical (unpaired) electrons. The molecule has 0 fully saturated rings. The molecule has 6 heteroatoms. The smallest absolute Gasteiger partial charge is 0.128 e. The van der Waals surface area contributed by atoms with E-state index in [2.05, 4.69) is 4.72 Å². The van der Waals surface area contributed by atoms with Gasteiger partial charge in [-0.1, -0.05) is 0 Å². The van der Waals surface area contributed by atoms with E-state index in [1.54, 1.807) is 27.7 Å². The number of nitrogens with one attached hydrogen (secondary N) is 1. The van der Waals surface area contributed by atoms with Gasteiger partial charge in [-0.2, -0.15) is 0 Å². The van der Waals surface area contributed by atoms with E-state index in [9.17, 15) is 13.0 Å². The standard InChI is InChI=1S/C13H18ClF2NOS/c1-8(17-19(18)13(2,3)4)10-6-11(15)9(7-14)5-12(10)16/h5-6,8,17H,7H2,1-4H3/t8-,19-/m0/s1. The first kappa shape index (κ1) is 16.5. The van der Waals surface area contributed by atoms with Crippen LogP contribution in [0.25, 0.3) is 0 Å². The summed E-state index contributed by atoms with van der Waals surface area (Å²) in [6.07, 6.45) is 0. The van der Waals surface area contributed by atoms with Crippen LogP contribution in [0.2, 0.25) is 0 Å². The van der Waals surface area contributed by atoms with Crippen LogP contribution in [0.4, 0.5) is 8.78 Å². The highest BCUT2D eigenvalue weighted by molar-refractivity contribution is 7.84. The summed E-state index contributed by atoms with van der Waals surface area (Å²) in [7, 11) is -1.36. The van der Waals surface area contributed by atoms with Crippen LogP contribution in [-0.4, -0.2) is 8.96 Å². The highest BCUT2D eigenvalue weighted by Crippen LogP contribution is 2.23. The highest BCUT2D eigenvalue weighted by Gasteiger charge is 2.23. The van der Waals surface area contributed by atoms with Crippen molar-refractivity contribution < 1.29 is 13.0 Å². The maximum absolute atomic E-state index is 13.9. The molecule has 0 aliphatic rings. The van der Waals surface area contributed by atoms with Crippen molar-refractivity contribution in [1.82, 2.24) is 4.72 Å². The number of rotatable bonds is 4. The first-order valence-electron chi connectivity index (χ1n) is 5.88. The minimum Gasteiger partial charge on any atom is -0.242 e. The zero-order valence-corrected chi connectivity index (χ0v) is 13.0. The van der Waals surface area contributed by atoms with Gasteiger partial charge < -0.3 is 0 Å². The SMILES string of the molecule is C[C@H](N[S@@](=O)C(C)(C)C)c1cc(F)c(CCl)cc1F. The van der Waals surface area contributed by atoms with Crippen molar-refractivity contribution in [2.24, 2.45) is 0 Å². The first-order chi connectivity index (χ1) is 8.66. The van der Waals surface area contributed by atoms with Crippen molar-refractivity contribution in [3.05, 3.63) is 34.9 Å². The van der Waals surface area contributed by atoms with Crippen molar-refractivity contribution in [3.63, 3.8) is 0 Å². The largest absolute Gasteiger partial charge is 0.242 e. The van der Waals surface area contributed by atoms with Crippen LogP contribution in [0.3, 0.4) is 0 Å². The molecule has 0 saturated heterocycles. The van der Waals surface area contributed by atoms with Gasteiger partial charge in [-0.05, 0) is 39.8 Å². The Balaban J connectivity index is 2.98. The number of halogens is 3. The summed E-state index contributed by atoms with van der Waals surface area (Å²) < 4.78 is 41.7. The van der Waals surface area contributed by atoms with Gasteiger partial charge in [0.1, 0.15) is 11.6 Å². The topological polar surface area (TPSA) is 29.1 Å². The highest BCUT2D eigenvalue weighted by atomic mass is 35.5. The third kappa shape index (κ3) is 4.23. The molecule has 0 unspecified atom stereocenters. The van der Waals surface area contributed by atoms with Crippen LogP contribution >= 0.6 is 11.6 Å². The predicted molar refractivity (Wildman–Crippen MR) is 75.4 cm³/mol. The third-order valence-corrected chi connectivity index (χ3v) is 4.58. The minimum atomic E-state index is -1.36. The maximum atomic E-state index is 13.9. The molecular formula is C13H18ClF2NOS. The van der Waals surface area contributed by atoms with E-state index in [1.807, 2.05) is 0 Å². The second-order valence-corrected chi connectivity index (χ2v) is 7.58. The zero-order chi connectivity index (χ0) is 14.8. The number of hydrogen-bond acceptors (Lipinski definition) is 1. The first-order valence-corrected chi connectivity index (χ1v) is 7.57. The Labute approximate surface area is 120 Å². The molecule has 0 amide bonds. The molecule has 1 N–H and O–H groups in total. The number of benzene rings is 1. The molecule has 0 aromatic heterocycles. The fourth-order valence-electron chi connectivity index (χ4n) is 1.44. The van der Waals surface area contributed by atoms with Crippen LogP contribution in [0.5, 0.6) is 0 Å². The Kier molecular flexibility index (Phi) is 5.47. The average molecular weight is 310 g/mol. The normalized spacial score (nSPS) is 15.3. The summed E-state index contributed by atoms with van der Waals surface area (Å²) in [6.45, 7) is 7.05. The molecule has 0 aliphatic heterocycles. The summed E-state index contributed by atoms with van der Waals surface area (Å²) in [4.78, 5) is 0. The van der Waals surface area contributed by atoms with Crippen LogP contribution in [0.15, 0.2) is 12.1 Å². The lowest BCUT2D eigenvalue weighted by atomic mass is 10.1. The summed E-state index contributed by atoms with van der Waals surface area (Å²) in [5.74, 6) is -1.19. The molecule has 0 bridgehead atoms. The molecule has 19 heavy (non-hydrogen) atoms. The van der Waals surface area contributed by atoms with Gasteiger partial charge in [0.15, 0.2) is 0 Å². The Hall–Kier alpha value is -0.520. The molecule has 1 rings (SSSR count). The lowest BCUT2D eigenvalue weighted by molar-refractivity contribution is 0.551. The molecule has 0 aliphatic carbocycles. The van der Waals surface area contributed by atoms with Gasteiger partial charge in [0.2, 0.25) is 0 Å². The summed E-state index contributed by atoms with van der Waals surface area (Å²) >= 11 is 5.51. The fraction of sp³-hybridized carbons (Fsp3) is 0.538. The van der Waals surface area contributed by atoms with E-state index >= 15 is 0 Å². The van der Waals surface area contributed by atoms with Gasteiger partial charge in [0, 0.05) is 17.2 Å². The zero-order valence-electron chi connectivity index (χ0n) is 11.4. The van der Waals surface area contributed by atoms with Crippen LogP contribution in [0.1, 0.15) is 44.9 Å². The van der Waals surface area contributed by atoms with Crippen molar-refractivity contribution >= 4 is 22.6 Å². The molecule has 2 atom stereocenters. The van der Waals surface area contributed by atoms with Crippen LogP contribution in [-0.2, 0) is 16.9 Å². The van der Waals surface area contributed by atoms with Crippen molar-refractivity contribution in [2.75, 3.05) is 0 Å². The predicted octanol–water partition coefficient (Wildman–Crippen LogP) is 3.82. The molecule has 1 aromatic carbocycles. The molecule has 0 spiro atoms. The number of alkyl halides is 1. The molecule has 2 nitrogen and oxygen atoms in total. The van der Waals surface area contributed by atoms with E-state index in [4.69, 9.17) is 11.6 Å². The summed E-state index contributed by atoms with van der Waals surface area (Å²) in [6, 6.07) is 1.62. The van der Waals surface area contributed by atoms with E-state index < -0.39 is 33.4 Å². The lowest BCUT2D eigenvalue weighted by Gasteiger charge is -2.22. The molecule has 0 saturated carbocycles. The van der Waals surface area contributed by atoms with Gasteiger partial charge in [-0.15, -0.1) is 11.6 Å². The van der Waals surface area contributed by atoms with Crippen molar-refractivity contribution in [1.29, 1.82) is 0 Å². The fourth-order valence-corrected chi connectivity index (χ4v) is 2.44. The molecule has 108 valence electrons. The van der Waals surface area contributed by atoms with Crippen molar-refractivity contribution in [2.45, 2.75) is 44.4 Å². The van der Waals surface area contributed by atoms with E-state index in [0.717, 1.165) is 12.1 Å². The van der Waals surface area contributed by atoms with Gasteiger partial charge >= 0.3 is 0 Å². The van der Waals surface area contributed by atoms with Gasteiger partial charge in [0.05, 0.1) is 21.6 Å². The summed E-state index contributed by atoms with van der Waals surface area (Å²) in [5.41, 5.74) is 0.260.